The van der Waals surface area contributed by atoms with Crippen molar-refractivity contribution in [1.29, 1.82) is 0 Å². The number of methoxy groups -OCH3 is 1. The van der Waals surface area contributed by atoms with E-state index in [1.165, 1.54) is 12.1 Å². The van der Waals surface area contributed by atoms with Crippen molar-refractivity contribution in [2.24, 2.45) is 0 Å². The van der Waals surface area contributed by atoms with Gasteiger partial charge in [-0.1, -0.05) is 12.1 Å². The van der Waals surface area contributed by atoms with Gasteiger partial charge in [0.2, 0.25) is 0 Å². The van der Waals surface area contributed by atoms with Crippen molar-refractivity contribution in [3.05, 3.63) is 53.1 Å². The number of hydrogen-bond donors (Lipinski definition) is 2. The maximum absolute atomic E-state index is 14.3. The smallest absolute Gasteiger partial charge is 0.405 e. The molecule has 8 heteroatoms. The zero-order chi connectivity index (χ0) is 19.1. The molecule has 1 aromatic heterocycles. The third kappa shape index (κ3) is 3.16. The summed E-state index contributed by atoms with van der Waals surface area (Å²) >= 11 is 0. The zero-order valence-electron chi connectivity index (χ0n) is 14.8. The highest BCUT2D eigenvalue weighted by atomic mass is 19.2. The molecule has 3 rings (SSSR count). The Balaban J connectivity index is 2.07. The molecule has 0 saturated heterocycles. The van der Waals surface area contributed by atoms with Crippen molar-refractivity contribution in [2.75, 3.05) is 7.11 Å². The van der Waals surface area contributed by atoms with Crippen LogP contribution in [0.2, 0.25) is 0 Å². The van der Waals surface area contributed by atoms with Gasteiger partial charge in [-0.3, -0.25) is 0 Å². The summed E-state index contributed by atoms with van der Waals surface area (Å²) in [5, 5.41) is 11.6. The Bertz CT molecular complexity index is 835. The second kappa shape index (κ2) is 6.68. The molecule has 140 valence electrons. The molecule has 1 aromatic carbocycles. The molecule has 1 amide bonds. The van der Waals surface area contributed by atoms with Crippen molar-refractivity contribution < 1.29 is 23.4 Å². The molecule has 2 aromatic rings. The molecule has 0 fully saturated rings. The second-order valence-electron chi connectivity index (χ2n) is 6.90. The average Bonchev–Trinajstić information content (AvgIpc) is 3.02. The lowest BCUT2D eigenvalue weighted by atomic mass is 9.88. The number of hydrogen-bond acceptors (Lipinski definition) is 3. The predicted molar refractivity (Wildman–Crippen MR) is 89.9 cm³/mol. The minimum Gasteiger partial charge on any atom is -0.465 e. The van der Waals surface area contributed by atoms with Gasteiger partial charge in [0.15, 0.2) is 11.6 Å². The standard InChI is InChI=1S/C18H21F2N3O3/c1-18(2,26-3)14-8-21-16-13(22-17(24)25)7-10(9-23(14)16)11-5-4-6-12(19)15(11)20/h4-6,8,10,13,22H,7,9H2,1-3H3,(H,24,25)/t10-,13+/m1/s1. The Labute approximate surface area is 149 Å². The van der Waals surface area contributed by atoms with Crippen molar-refractivity contribution in [3.8, 4) is 0 Å². The molecule has 2 heterocycles. The number of rotatable bonds is 4. The van der Waals surface area contributed by atoms with Crippen LogP contribution in [0, 0.1) is 11.6 Å². The van der Waals surface area contributed by atoms with E-state index in [9.17, 15) is 13.6 Å². The number of nitrogens with one attached hydrogen (secondary N) is 1. The van der Waals surface area contributed by atoms with E-state index in [4.69, 9.17) is 9.84 Å². The van der Waals surface area contributed by atoms with Gasteiger partial charge in [-0.15, -0.1) is 0 Å². The highest BCUT2D eigenvalue weighted by Crippen LogP contribution is 2.39. The largest absolute Gasteiger partial charge is 0.465 e. The van der Waals surface area contributed by atoms with Crippen LogP contribution in [0.15, 0.2) is 24.4 Å². The van der Waals surface area contributed by atoms with Gasteiger partial charge in [0.25, 0.3) is 0 Å². The van der Waals surface area contributed by atoms with Crippen LogP contribution < -0.4 is 5.32 Å². The number of amides is 1. The van der Waals surface area contributed by atoms with Crippen LogP contribution in [0.3, 0.4) is 0 Å². The van der Waals surface area contributed by atoms with Crippen molar-refractivity contribution in [2.45, 2.75) is 44.4 Å². The van der Waals surface area contributed by atoms with Crippen LogP contribution in [0.1, 0.15) is 49.3 Å². The quantitative estimate of drug-likeness (QED) is 0.869. The highest BCUT2D eigenvalue weighted by Gasteiger charge is 2.36. The number of imidazole rings is 1. The minimum atomic E-state index is -1.20. The van der Waals surface area contributed by atoms with Gasteiger partial charge in [0, 0.05) is 19.6 Å². The van der Waals surface area contributed by atoms with Crippen molar-refractivity contribution in [1.82, 2.24) is 14.9 Å². The lowest BCUT2D eigenvalue weighted by Gasteiger charge is -2.34. The molecule has 6 nitrogen and oxygen atoms in total. The van der Waals surface area contributed by atoms with E-state index in [2.05, 4.69) is 10.3 Å². The Morgan fingerprint density at radius 1 is 1.42 bits per heavy atom. The van der Waals surface area contributed by atoms with E-state index in [-0.39, 0.29) is 12.0 Å². The molecule has 0 radical (unpaired) electrons. The lowest BCUT2D eigenvalue weighted by molar-refractivity contribution is 0.0114. The molecule has 0 aliphatic carbocycles. The van der Waals surface area contributed by atoms with Crippen LogP contribution in [0.4, 0.5) is 13.6 Å². The molecule has 1 aliphatic rings. The monoisotopic (exact) mass is 365 g/mol. The van der Waals surface area contributed by atoms with Gasteiger partial charge in [-0.2, -0.15) is 0 Å². The predicted octanol–water partition coefficient (Wildman–Crippen LogP) is 3.54. The van der Waals surface area contributed by atoms with Crippen LogP contribution in [-0.4, -0.2) is 27.9 Å². The Morgan fingerprint density at radius 3 is 2.81 bits per heavy atom. The molecule has 1 aliphatic heterocycles. The average molecular weight is 365 g/mol. The maximum atomic E-state index is 14.3. The Kier molecular flexibility index (Phi) is 4.70. The first-order valence-electron chi connectivity index (χ1n) is 8.29. The Hall–Kier alpha value is -2.48. The van der Waals surface area contributed by atoms with E-state index in [0.29, 0.717) is 12.4 Å². The molecule has 2 N–H and O–H groups in total. The minimum absolute atomic E-state index is 0.225. The number of ether oxygens (including phenoxy) is 1. The molecule has 0 unspecified atom stereocenters. The van der Waals surface area contributed by atoms with E-state index < -0.39 is 35.3 Å². The molecule has 26 heavy (non-hydrogen) atoms. The van der Waals surface area contributed by atoms with Gasteiger partial charge in [-0.25, -0.2) is 18.6 Å². The number of carbonyl (C=O) groups is 1. The highest BCUT2D eigenvalue weighted by molar-refractivity contribution is 5.65. The van der Waals surface area contributed by atoms with Gasteiger partial charge >= 0.3 is 6.09 Å². The van der Waals surface area contributed by atoms with E-state index in [1.54, 1.807) is 13.3 Å². The summed E-state index contributed by atoms with van der Waals surface area (Å²) in [5.74, 6) is -1.68. The topological polar surface area (TPSA) is 76.4 Å². The molecular weight excluding hydrogens is 344 g/mol. The van der Waals surface area contributed by atoms with E-state index in [1.807, 2.05) is 18.4 Å². The van der Waals surface area contributed by atoms with Crippen molar-refractivity contribution in [3.63, 3.8) is 0 Å². The Morgan fingerprint density at radius 2 is 2.15 bits per heavy atom. The molecule has 0 bridgehead atoms. The summed E-state index contributed by atoms with van der Waals surface area (Å²) in [6.07, 6.45) is 0.730. The van der Waals surface area contributed by atoms with E-state index in [0.717, 1.165) is 11.8 Å². The molecule has 2 atom stereocenters. The third-order valence-corrected chi connectivity index (χ3v) is 4.97. The van der Waals surface area contributed by atoms with Crippen molar-refractivity contribution >= 4 is 6.09 Å². The summed E-state index contributed by atoms with van der Waals surface area (Å²) in [4.78, 5) is 15.6. The first kappa shape index (κ1) is 18.3. The first-order chi connectivity index (χ1) is 12.2. The summed E-state index contributed by atoms with van der Waals surface area (Å²) in [6, 6.07) is 3.42. The lowest BCUT2D eigenvalue weighted by Crippen LogP contribution is -2.36. The number of aromatic nitrogens is 2. The van der Waals surface area contributed by atoms with Gasteiger partial charge in [0.1, 0.15) is 11.4 Å². The van der Waals surface area contributed by atoms with Gasteiger partial charge in [-0.05, 0) is 31.9 Å². The van der Waals surface area contributed by atoms with Gasteiger partial charge in [0.05, 0.1) is 17.9 Å². The fraction of sp³-hybridized carbons (Fsp3) is 0.444. The third-order valence-electron chi connectivity index (χ3n) is 4.97. The number of benzene rings is 1. The van der Waals surface area contributed by atoms with E-state index >= 15 is 0 Å². The summed E-state index contributed by atoms with van der Waals surface area (Å²) in [5.41, 5.74) is 0.304. The summed E-state index contributed by atoms with van der Waals surface area (Å²) < 4.78 is 35.3. The van der Waals surface area contributed by atoms with Crippen LogP contribution in [-0.2, 0) is 16.9 Å². The van der Waals surface area contributed by atoms with Crippen LogP contribution in [0.25, 0.3) is 0 Å². The molecule has 0 saturated carbocycles. The zero-order valence-corrected chi connectivity index (χ0v) is 14.8. The molecular formula is C18H21F2N3O3. The fourth-order valence-corrected chi connectivity index (χ4v) is 3.46. The number of fused-ring (bicyclic) bond motifs is 1. The first-order valence-corrected chi connectivity index (χ1v) is 8.29. The number of halogens is 2. The second-order valence-corrected chi connectivity index (χ2v) is 6.90. The van der Waals surface area contributed by atoms with Crippen LogP contribution >= 0.6 is 0 Å². The fourth-order valence-electron chi connectivity index (χ4n) is 3.46. The number of nitrogens with zero attached hydrogens (tertiary/aromatic N) is 2. The normalized spacial score (nSPS) is 19.9. The van der Waals surface area contributed by atoms with Gasteiger partial charge < -0.3 is 19.7 Å². The molecule has 0 spiro atoms. The number of carboxylic acid groups (broad SMARTS) is 1. The summed E-state index contributed by atoms with van der Waals surface area (Å²) in [7, 11) is 1.57. The summed E-state index contributed by atoms with van der Waals surface area (Å²) in [6.45, 7) is 4.09. The SMILES string of the molecule is COC(C)(C)c1cnc2n1C[C@H](c1cccc(F)c1F)C[C@@H]2NC(=O)O. The maximum Gasteiger partial charge on any atom is 0.405 e. The van der Waals surface area contributed by atoms with Crippen LogP contribution in [0.5, 0.6) is 0 Å².